The standard InChI is InChI=1S/C38H63NO7/c1-22-37-17-16-36(6)25(8-7-9-27(40)35(4,5)44)32(42)33(43)31(36)24(37)12-13-26-34(2,3)28(14-15-38(22,26)37)46-30-21-39(18-19-45-30)29(41)20-23-10-11-23/h22-28,30-33,40,42-44H,7-21H2,1-6H3/t22-,24-,25?,26?,27-,28-,30?,31?,32-,33+,36+,37-,38?/m0/s1. The molecule has 0 bridgehead atoms. The maximum Gasteiger partial charge on any atom is 0.223 e. The minimum atomic E-state index is -1.14. The fourth-order valence-corrected chi connectivity index (χ4v) is 13.2. The zero-order chi connectivity index (χ0) is 33.0. The molecule has 7 fully saturated rings. The van der Waals surface area contributed by atoms with Gasteiger partial charge in [-0.3, -0.25) is 4.79 Å². The predicted molar refractivity (Wildman–Crippen MR) is 174 cm³/mol. The number of fused-ring (bicyclic) bond motifs is 2. The second-order valence-corrected chi connectivity index (χ2v) is 18.5. The number of amides is 1. The number of carbonyl (C=O) groups is 1. The van der Waals surface area contributed by atoms with Crippen LogP contribution in [0.4, 0.5) is 0 Å². The maximum atomic E-state index is 12.9. The van der Waals surface area contributed by atoms with Crippen molar-refractivity contribution in [1.82, 2.24) is 4.90 Å². The number of aliphatic hydroxyl groups excluding tert-OH is 3. The summed E-state index contributed by atoms with van der Waals surface area (Å²) < 4.78 is 12.9. The van der Waals surface area contributed by atoms with E-state index >= 15 is 0 Å². The summed E-state index contributed by atoms with van der Waals surface area (Å²) in [6, 6.07) is 0. The molecule has 7 rings (SSSR count). The topological polar surface area (TPSA) is 120 Å². The number of aliphatic hydroxyl groups is 4. The van der Waals surface area contributed by atoms with Crippen LogP contribution in [0.3, 0.4) is 0 Å². The van der Waals surface area contributed by atoms with E-state index in [4.69, 9.17) is 9.47 Å². The van der Waals surface area contributed by atoms with E-state index in [0.29, 0.717) is 56.2 Å². The molecule has 2 spiro atoms. The molecule has 1 amide bonds. The first kappa shape index (κ1) is 33.7. The molecule has 46 heavy (non-hydrogen) atoms. The van der Waals surface area contributed by atoms with E-state index in [1.165, 1.54) is 12.8 Å². The van der Waals surface area contributed by atoms with Crippen LogP contribution in [0.5, 0.6) is 0 Å². The molecule has 0 radical (unpaired) electrons. The summed E-state index contributed by atoms with van der Waals surface area (Å²) in [4.78, 5) is 14.8. The van der Waals surface area contributed by atoms with Gasteiger partial charge in [-0.05, 0) is 135 Å². The monoisotopic (exact) mass is 645 g/mol. The van der Waals surface area contributed by atoms with Gasteiger partial charge in [0, 0.05) is 13.0 Å². The zero-order valence-corrected chi connectivity index (χ0v) is 29.4. The molecule has 6 aliphatic carbocycles. The second kappa shape index (κ2) is 11.4. The summed E-state index contributed by atoms with van der Waals surface area (Å²) in [5.74, 6) is 2.48. The van der Waals surface area contributed by atoms with Crippen LogP contribution in [0.15, 0.2) is 0 Å². The zero-order valence-electron chi connectivity index (χ0n) is 29.4. The first-order valence-electron chi connectivity index (χ1n) is 18.9. The Bertz CT molecular complexity index is 1170. The lowest BCUT2D eigenvalue weighted by Gasteiger charge is -2.60. The molecular formula is C38H63NO7. The van der Waals surface area contributed by atoms with Gasteiger partial charge in [-0.2, -0.15) is 0 Å². The quantitative estimate of drug-likeness (QED) is 0.282. The number of rotatable bonds is 9. The number of hydrogen-bond acceptors (Lipinski definition) is 7. The molecule has 0 aromatic rings. The van der Waals surface area contributed by atoms with Crippen molar-refractivity contribution in [3.8, 4) is 0 Å². The van der Waals surface area contributed by atoms with Gasteiger partial charge in [-0.1, -0.05) is 34.1 Å². The Hall–Kier alpha value is -0.770. The largest absolute Gasteiger partial charge is 0.390 e. The lowest BCUT2D eigenvalue weighted by Crippen LogP contribution is -2.57. The van der Waals surface area contributed by atoms with Crippen molar-refractivity contribution < 1.29 is 34.7 Å². The van der Waals surface area contributed by atoms with Crippen LogP contribution in [-0.2, 0) is 14.3 Å². The highest BCUT2D eigenvalue weighted by atomic mass is 16.7. The van der Waals surface area contributed by atoms with Gasteiger partial charge in [0.05, 0.1) is 43.2 Å². The van der Waals surface area contributed by atoms with Crippen molar-refractivity contribution in [2.24, 2.45) is 57.2 Å². The predicted octanol–water partition coefficient (Wildman–Crippen LogP) is 4.90. The Balaban J connectivity index is 1.05. The van der Waals surface area contributed by atoms with Crippen LogP contribution < -0.4 is 0 Å². The first-order chi connectivity index (χ1) is 21.6. The smallest absolute Gasteiger partial charge is 0.223 e. The molecule has 6 saturated carbocycles. The molecule has 0 aromatic heterocycles. The molecule has 8 heteroatoms. The van der Waals surface area contributed by atoms with Crippen molar-refractivity contribution in [1.29, 1.82) is 0 Å². The van der Waals surface area contributed by atoms with E-state index in [2.05, 4.69) is 27.7 Å². The van der Waals surface area contributed by atoms with Crippen molar-refractivity contribution >= 4 is 5.91 Å². The van der Waals surface area contributed by atoms with Crippen LogP contribution in [0.2, 0.25) is 0 Å². The molecule has 7 aliphatic rings. The van der Waals surface area contributed by atoms with Gasteiger partial charge in [0.1, 0.15) is 0 Å². The van der Waals surface area contributed by atoms with Gasteiger partial charge < -0.3 is 34.8 Å². The lowest BCUT2D eigenvalue weighted by molar-refractivity contribution is -0.245. The fraction of sp³-hybridized carbons (Fsp3) is 0.974. The fourth-order valence-electron chi connectivity index (χ4n) is 13.2. The minimum absolute atomic E-state index is 0.00776. The van der Waals surface area contributed by atoms with E-state index in [1.54, 1.807) is 13.8 Å². The summed E-state index contributed by atoms with van der Waals surface area (Å²) in [7, 11) is 0. The minimum Gasteiger partial charge on any atom is -0.390 e. The second-order valence-electron chi connectivity index (χ2n) is 18.5. The van der Waals surface area contributed by atoms with Crippen LogP contribution >= 0.6 is 0 Å². The number of carbonyl (C=O) groups excluding carboxylic acids is 1. The Kier molecular flexibility index (Phi) is 8.34. The third-order valence-corrected chi connectivity index (χ3v) is 15.8. The number of ether oxygens (including phenoxy) is 2. The van der Waals surface area contributed by atoms with E-state index in [-0.39, 0.29) is 51.8 Å². The van der Waals surface area contributed by atoms with Gasteiger partial charge in [0.2, 0.25) is 5.91 Å². The van der Waals surface area contributed by atoms with Crippen LogP contribution in [0.1, 0.15) is 119 Å². The van der Waals surface area contributed by atoms with Gasteiger partial charge in [-0.15, -0.1) is 0 Å². The molecule has 13 atom stereocenters. The number of morpholine rings is 1. The van der Waals surface area contributed by atoms with Crippen molar-refractivity contribution in [3.63, 3.8) is 0 Å². The van der Waals surface area contributed by atoms with Crippen LogP contribution in [0.25, 0.3) is 0 Å². The average Bonchev–Trinajstić information content (AvgIpc) is 3.89. The highest BCUT2D eigenvalue weighted by molar-refractivity contribution is 5.76. The third kappa shape index (κ3) is 4.92. The van der Waals surface area contributed by atoms with Crippen LogP contribution in [-0.4, -0.2) is 87.2 Å². The molecule has 8 nitrogen and oxygen atoms in total. The Labute approximate surface area is 277 Å². The van der Waals surface area contributed by atoms with E-state index in [1.807, 2.05) is 4.90 Å². The van der Waals surface area contributed by atoms with E-state index < -0.39 is 23.9 Å². The van der Waals surface area contributed by atoms with Gasteiger partial charge in [0.15, 0.2) is 6.29 Å². The summed E-state index contributed by atoms with van der Waals surface area (Å²) >= 11 is 0. The maximum absolute atomic E-state index is 12.9. The highest BCUT2D eigenvalue weighted by Crippen LogP contribution is 2.89. The van der Waals surface area contributed by atoms with Crippen molar-refractivity contribution in [2.75, 3.05) is 19.7 Å². The summed E-state index contributed by atoms with van der Waals surface area (Å²) in [5, 5.41) is 43.9. The highest BCUT2D eigenvalue weighted by Gasteiger charge is 2.85. The SMILES string of the molecule is C[C@@H]1C23CC[C@H](OC4CN(C(=O)CC5CC5)CCO4)C(C)(C)C2CC[C@H]2C4[C@@H](O)[C@@H](O)C(CCC[C@H](O)C(C)(C)O)[C@@]4(C)CC[C@]123. The Morgan fingerprint density at radius 1 is 1.02 bits per heavy atom. The molecular weight excluding hydrogens is 582 g/mol. The van der Waals surface area contributed by atoms with Crippen LogP contribution in [0, 0.1) is 57.2 Å². The van der Waals surface area contributed by atoms with E-state index in [0.717, 1.165) is 51.4 Å². The van der Waals surface area contributed by atoms with Gasteiger partial charge in [-0.25, -0.2) is 0 Å². The lowest BCUT2D eigenvalue weighted by atomic mass is 9.46. The molecule has 0 aromatic carbocycles. The summed E-state index contributed by atoms with van der Waals surface area (Å²) in [5.41, 5.74) is -0.824. The average molecular weight is 646 g/mol. The first-order valence-corrected chi connectivity index (χ1v) is 18.9. The number of nitrogens with zero attached hydrogens (tertiary/aromatic N) is 1. The molecule has 1 saturated heterocycles. The normalized spacial score (nSPS) is 48.6. The third-order valence-electron chi connectivity index (χ3n) is 15.8. The molecule has 1 aliphatic heterocycles. The summed E-state index contributed by atoms with van der Waals surface area (Å²) in [6.45, 7) is 14.7. The van der Waals surface area contributed by atoms with Gasteiger partial charge >= 0.3 is 0 Å². The molecule has 4 N–H and O–H groups in total. The molecule has 262 valence electrons. The Morgan fingerprint density at radius 2 is 1.76 bits per heavy atom. The van der Waals surface area contributed by atoms with Crippen molar-refractivity contribution in [2.45, 2.75) is 155 Å². The van der Waals surface area contributed by atoms with Gasteiger partial charge in [0.25, 0.3) is 0 Å². The molecule has 1 heterocycles. The molecule has 5 unspecified atom stereocenters. The van der Waals surface area contributed by atoms with E-state index in [9.17, 15) is 25.2 Å². The van der Waals surface area contributed by atoms with Crippen molar-refractivity contribution in [3.05, 3.63) is 0 Å². The number of hydrogen-bond donors (Lipinski definition) is 4. The summed E-state index contributed by atoms with van der Waals surface area (Å²) in [6.07, 6.45) is 9.06. The Morgan fingerprint density at radius 3 is 2.46 bits per heavy atom.